The molecule has 3 rings (SSSR count). The number of hydrogen-bond acceptors (Lipinski definition) is 4. The molecule has 0 saturated heterocycles. The van der Waals surface area contributed by atoms with Crippen LogP contribution in [0.25, 0.3) is 0 Å². The molecule has 0 atom stereocenters. The van der Waals surface area contributed by atoms with Crippen LogP contribution in [0.1, 0.15) is 27.0 Å². The average molecular weight is 389 g/mol. The molecule has 0 bridgehead atoms. The molecule has 0 aliphatic rings. The van der Waals surface area contributed by atoms with Gasteiger partial charge in [0, 0.05) is 24.8 Å². The molecule has 0 fully saturated rings. The Morgan fingerprint density at radius 1 is 0.897 bits per heavy atom. The lowest BCUT2D eigenvalue weighted by molar-refractivity contribution is 0.102. The number of carbonyl (C=O) groups is 2. The first kappa shape index (κ1) is 19.9. The SMILES string of the molecule is Cc1ccc(CNC(=O)NCc2ccc(C(=O)Nc3ccncc3N)cc2)cc1. The van der Waals surface area contributed by atoms with Crippen molar-refractivity contribution >= 4 is 23.3 Å². The van der Waals surface area contributed by atoms with Gasteiger partial charge in [0.25, 0.3) is 5.91 Å². The number of anilines is 2. The molecule has 7 heteroatoms. The molecular formula is C22H23N5O2. The molecule has 0 saturated carbocycles. The largest absolute Gasteiger partial charge is 0.396 e. The minimum absolute atomic E-state index is 0.249. The van der Waals surface area contributed by atoms with Crippen molar-refractivity contribution in [1.82, 2.24) is 15.6 Å². The number of amides is 3. The summed E-state index contributed by atoms with van der Waals surface area (Å²) in [4.78, 5) is 28.2. The standard InChI is InChI=1S/C22H23N5O2/c1-15-2-4-16(5-3-15)12-25-22(29)26-13-17-6-8-18(9-7-17)21(28)27-20-10-11-24-14-19(20)23/h2-11,14H,12-13,23H2,1H3,(H,24,27,28)(H2,25,26,29). The van der Waals surface area contributed by atoms with Crippen LogP contribution in [-0.4, -0.2) is 16.9 Å². The van der Waals surface area contributed by atoms with Gasteiger partial charge in [-0.05, 0) is 36.2 Å². The zero-order valence-corrected chi connectivity index (χ0v) is 16.1. The fraction of sp³-hybridized carbons (Fsp3) is 0.136. The van der Waals surface area contributed by atoms with Gasteiger partial charge in [0.1, 0.15) is 0 Å². The monoisotopic (exact) mass is 389 g/mol. The van der Waals surface area contributed by atoms with E-state index in [9.17, 15) is 9.59 Å². The summed E-state index contributed by atoms with van der Waals surface area (Å²) in [7, 11) is 0. The van der Waals surface area contributed by atoms with Gasteiger partial charge in [-0.15, -0.1) is 0 Å². The van der Waals surface area contributed by atoms with Crippen LogP contribution in [0.4, 0.5) is 16.2 Å². The number of nitrogens with two attached hydrogens (primary N) is 1. The third-order valence-electron chi connectivity index (χ3n) is 4.34. The highest BCUT2D eigenvalue weighted by molar-refractivity contribution is 6.05. The second-order valence-corrected chi connectivity index (χ2v) is 6.64. The maximum Gasteiger partial charge on any atom is 0.315 e. The Balaban J connectivity index is 1.47. The number of nitrogens with one attached hydrogen (secondary N) is 3. The van der Waals surface area contributed by atoms with E-state index in [0.29, 0.717) is 30.0 Å². The summed E-state index contributed by atoms with van der Waals surface area (Å²) in [5.41, 5.74) is 10.3. The molecule has 5 N–H and O–H groups in total. The van der Waals surface area contributed by atoms with Crippen LogP contribution >= 0.6 is 0 Å². The van der Waals surface area contributed by atoms with Crippen LogP contribution in [0, 0.1) is 6.92 Å². The van der Waals surface area contributed by atoms with E-state index in [4.69, 9.17) is 5.73 Å². The Kier molecular flexibility index (Phi) is 6.42. The Morgan fingerprint density at radius 3 is 2.07 bits per heavy atom. The number of carbonyl (C=O) groups excluding carboxylic acids is 2. The molecule has 2 aromatic carbocycles. The summed E-state index contributed by atoms with van der Waals surface area (Å²) in [5.74, 6) is -0.266. The highest BCUT2D eigenvalue weighted by Gasteiger charge is 2.08. The quantitative estimate of drug-likeness (QED) is 0.519. The van der Waals surface area contributed by atoms with Crippen molar-refractivity contribution in [2.45, 2.75) is 20.0 Å². The maximum atomic E-state index is 12.3. The molecular weight excluding hydrogens is 366 g/mol. The number of benzene rings is 2. The Labute approximate surface area is 169 Å². The predicted octanol–water partition coefficient (Wildman–Crippen LogP) is 3.22. The predicted molar refractivity (Wildman–Crippen MR) is 113 cm³/mol. The summed E-state index contributed by atoms with van der Waals surface area (Å²) in [6.07, 6.45) is 3.04. The number of pyridine rings is 1. The molecule has 0 unspecified atom stereocenters. The second-order valence-electron chi connectivity index (χ2n) is 6.64. The van der Waals surface area contributed by atoms with Crippen molar-refractivity contribution in [2.24, 2.45) is 0 Å². The van der Waals surface area contributed by atoms with Crippen LogP contribution in [-0.2, 0) is 13.1 Å². The van der Waals surface area contributed by atoms with E-state index in [0.717, 1.165) is 11.1 Å². The Hall–Kier alpha value is -3.87. The molecule has 1 aromatic heterocycles. The average Bonchev–Trinajstić information content (AvgIpc) is 2.74. The van der Waals surface area contributed by atoms with Crippen LogP contribution < -0.4 is 21.7 Å². The smallest absolute Gasteiger partial charge is 0.315 e. The molecule has 3 aromatic rings. The van der Waals surface area contributed by atoms with Gasteiger partial charge in [0.2, 0.25) is 0 Å². The van der Waals surface area contributed by atoms with E-state index >= 15 is 0 Å². The molecule has 7 nitrogen and oxygen atoms in total. The highest BCUT2D eigenvalue weighted by Crippen LogP contribution is 2.16. The number of nitrogens with zero attached hydrogens (tertiary/aromatic N) is 1. The van der Waals surface area contributed by atoms with Gasteiger partial charge in [0.05, 0.1) is 17.6 Å². The Morgan fingerprint density at radius 2 is 1.48 bits per heavy atom. The highest BCUT2D eigenvalue weighted by atomic mass is 16.2. The van der Waals surface area contributed by atoms with Crippen molar-refractivity contribution in [3.05, 3.63) is 89.2 Å². The van der Waals surface area contributed by atoms with E-state index in [-0.39, 0.29) is 11.9 Å². The summed E-state index contributed by atoms with van der Waals surface area (Å²) in [6.45, 7) is 2.84. The van der Waals surface area contributed by atoms with Crippen molar-refractivity contribution in [3.63, 3.8) is 0 Å². The first-order valence-corrected chi connectivity index (χ1v) is 9.18. The summed E-state index contributed by atoms with van der Waals surface area (Å²) in [5, 5.41) is 8.37. The van der Waals surface area contributed by atoms with Crippen LogP contribution in [0.3, 0.4) is 0 Å². The van der Waals surface area contributed by atoms with E-state index in [1.54, 1.807) is 36.5 Å². The number of hydrogen-bond donors (Lipinski definition) is 4. The lowest BCUT2D eigenvalue weighted by Gasteiger charge is -2.10. The lowest BCUT2D eigenvalue weighted by Crippen LogP contribution is -2.34. The normalized spacial score (nSPS) is 10.2. The fourth-order valence-corrected chi connectivity index (χ4v) is 2.62. The molecule has 0 radical (unpaired) electrons. The molecule has 148 valence electrons. The van der Waals surface area contributed by atoms with Gasteiger partial charge in [-0.1, -0.05) is 42.0 Å². The van der Waals surface area contributed by atoms with Gasteiger partial charge < -0.3 is 21.7 Å². The molecule has 29 heavy (non-hydrogen) atoms. The minimum atomic E-state index is -0.266. The molecule has 0 aliphatic heterocycles. The summed E-state index contributed by atoms with van der Waals surface area (Å²) < 4.78 is 0. The van der Waals surface area contributed by atoms with E-state index in [2.05, 4.69) is 20.9 Å². The van der Waals surface area contributed by atoms with Crippen molar-refractivity contribution in [2.75, 3.05) is 11.1 Å². The minimum Gasteiger partial charge on any atom is -0.396 e. The van der Waals surface area contributed by atoms with Gasteiger partial charge in [-0.3, -0.25) is 9.78 Å². The van der Waals surface area contributed by atoms with Gasteiger partial charge >= 0.3 is 6.03 Å². The van der Waals surface area contributed by atoms with Gasteiger partial charge in [-0.2, -0.15) is 0 Å². The van der Waals surface area contributed by atoms with E-state index in [1.807, 2.05) is 31.2 Å². The second kappa shape index (κ2) is 9.36. The number of urea groups is 1. The lowest BCUT2D eigenvalue weighted by atomic mass is 10.1. The first-order valence-electron chi connectivity index (χ1n) is 9.18. The third-order valence-corrected chi connectivity index (χ3v) is 4.34. The van der Waals surface area contributed by atoms with Gasteiger partial charge in [-0.25, -0.2) is 4.79 Å². The van der Waals surface area contributed by atoms with E-state index in [1.165, 1.54) is 11.8 Å². The van der Waals surface area contributed by atoms with Crippen molar-refractivity contribution in [3.8, 4) is 0 Å². The molecule has 0 aliphatic carbocycles. The van der Waals surface area contributed by atoms with E-state index < -0.39 is 0 Å². The number of aryl methyl sites for hydroxylation is 1. The van der Waals surface area contributed by atoms with Crippen molar-refractivity contribution < 1.29 is 9.59 Å². The number of rotatable bonds is 6. The Bertz CT molecular complexity index is 985. The molecule has 0 spiro atoms. The van der Waals surface area contributed by atoms with Crippen LogP contribution in [0.5, 0.6) is 0 Å². The third kappa shape index (κ3) is 5.80. The molecule has 3 amide bonds. The fourth-order valence-electron chi connectivity index (χ4n) is 2.62. The number of nitrogen functional groups attached to an aromatic ring is 1. The van der Waals surface area contributed by atoms with Crippen LogP contribution in [0.2, 0.25) is 0 Å². The van der Waals surface area contributed by atoms with Crippen molar-refractivity contribution in [1.29, 1.82) is 0 Å². The summed E-state index contributed by atoms with van der Waals surface area (Å²) in [6, 6.07) is 16.4. The number of aromatic nitrogens is 1. The van der Waals surface area contributed by atoms with Gasteiger partial charge in [0.15, 0.2) is 0 Å². The first-order chi connectivity index (χ1) is 14.0. The zero-order valence-electron chi connectivity index (χ0n) is 16.1. The van der Waals surface area contributed by atoms with Crippen LogP contribution in [0.15, 0.2) is 67.0 Å². The molecule has 1 heterocycles. The zero-order chi connectivity index (χ0) is 20.6. The maximum absolute atomic E-state index is 12.3. The summed E-state index contributed by atoms with van der Waals surface area (Å²) >= 11 is 0. The topological polar surface area (TPSA) is 109 Å².